The summed E-state index contributed by atoms with van der Waals surface area (Å²) >= 11 is 0. The van der Waals surface area contributed by atoms with Crippen LogP contribution in [0.25, 0.3) is 0 Å². The van der Waals surface area contributed by atoms with E-state index in [2.05, 4.69) is 0 Å². The molecule has 0 aliphatic carbocycles. The summed E-state index contributed by atoms with van der Waals surface area (Å²) in [5, 5.41) is 0. The van der Waals surface area contributed by atoms with Crippen LogP contribution >= 0.6 is 0 Å². The summed E-state index contributed by atoms with van der Waals surface area (Å²) in [6, 6.07) is 0. The zero-order chi connectivity index (χ0) is 0. The molecular formula is AlCoCrFe+9. The van der Waals surface area contributed by atoms with Gasteiger partial charge in [0.05, 0.1) is 0 Å². The summed E-state index contributed by atoms with van der Waals surface area (Å²) in [6.45, 7) is 0. The van der Waals surface area contributed by atoms with Gasteiger partial charge in [0.2, 0.25) is 0 Å². The van der Waals surface area contributed by atoms with Crippen LogP contribution in [0.2, 0.25) is 0 Å². The predicted molar refractivity (Wildman–Crippen MR) is 5.75 cm³/mol. The molecule has 0 N–H and O–H groups in total. The average Bonchev–Trinajstić information content (AvgIpc) is 0. The fourth-order valence-corrected chi connectivity index (χ4v) is 0. The van der Waals surface area contributed by atoms with Crippen LogP contribution in [0.5, 0.6) is 0 Å². The van der Waals surface area contributed by atoms with E-state index in [4.69, 9.17) is 0 Å². The molecule has 17 valence electrons. The number of hydrogen-bond donors (Lipinski definition) is 0. The van der Waals surface area contributed by atoms with Gasteiger partial charge >= 0.3 is 68.6 Å². The Balaban J connectivity index is 0. The van der Waals surface area contributed by atoms with Crippen molar-refractivity contribution in [3.05, 3.63) is 0 Å². The van der Waals surface area contributed by atoms with Crippen molar-refractivity contribution < 1.29 is 51.2 Å². The molecule has 0 aromatic rings. The molecule has 0 bridgehead atoms. The monoisotopic (exact) mass is 194 g/mol. The minimum absolute atomic E-state index is 0. The van der Waals surface area contributed by atoms with Gasteiger partial charge in [-0.3, -0.25) is 0 Å². The molecule has 0 nitrogen and oxygen atoms in total. The third-order valence-electron chi connectivity index (χ3n) is 0. The molecule has 0 aromatic carbocycles. The van der Waals surface area contributed by atoms with E-state index in [1.165, 1.54) is 0 Å². The van der Waals surface area contributed by atoms with E-state index in [-0.39, 0.29) is 68.6 Å². The van der Waals surface area contributed by atoms with Crippen molar-refractivity contribution in [2.24, 2.45) is 0 Å². The molecular weight excluding hydrogens is 194 g/mol. The van der Waals surface area contributed by atoms with Crippen LogP contribution in [-0.4, -0.2) is 17.4 Å². The predicted octanol–water partition coefficient (Wildman–Crippen LogP) is -0.388. The van der Waals surface area contributed by atoms with Crippen LogP contribution in [-0.2, 0) is 51.2 Å². The second-order valence-corrected chi connectivity index (χ2v) is 0. The van der Waals surface area contributed by atoms with Gasteiger partial charge in [0.25, 0.3) is 0 Å². The molecule has 0 fully saturated rings. The van der Waals surface area contributed by atoms with Gasteiger partial charge in [-0.05, 0) is 0 Å². The zero-order valence-electron chi connectivity index (χ0n) is 1.67. The minimum Gasteiger partial charge on any atom is 2.00 e. The zero-order valence-corrected chi connectivity index (χ0v) is 6.25. The molecule has 1 radical (unpaired) electrons. The van der Waals surface area contributed by atoms with Crippen LogP contribution in [0.1, 0.15) is 0 Å². The van der Waals surface area contributed by atoms with Gasteiger partial charge in [0, 0.05) is 0 Å². The Labute approximate surface area is 68.0 Å². The fraction of sp³-hybridized carbons (Fsp3) is 0. The van der Waals surface area contributed by atoms with E-state index in [1.54, 1.807) is 0 Å². The Hall–Kier alpha value is 2.09. The Morgan fingerprint density at radius 3 is 1.00 bits per heavy atom. The van der Waals surface area contributed by atoms with Crippen molar-refractivity contribution in [2.75, 3.05) is 0 Å². The number of rotatable bonds is 0. The summed E-state index contributed by atoms with van der Waals surface area (Å²) in [6.07, 6.45) is 0. The van der Waals surface area contributed by atoms with Crippen molar-refractivity contribution in [2.45, 2.75) is 0 Å². The van der Waals surface area contributed by atoms with E-state index < -0.39 is 0 Å². The standard InChI is InChI=1S/Al.Co.Cr.Fe/q+3;3*+2. The van der Waals surface area contributed by atoms with Gasteiger partial charge in [-0.15, -0.1) is 0 Å². The summed E-state index contributed by atoms with van der Waals surface area (Å²) in [5.74, 6) is 0. The summed E-state index contributed by atoms with van der Waals surface area (Å²) < 4.78 is 0. The molecule has 0 atom stereocenters. The SMILES string of the molecule is [Al+3].[Co+2].[Cr+2].[Fe+2]. The Morgan fingerprint density at radius 2 is 1.00 bits per heavy atom. The van der Waals surface area contributed by atoms with Gasteiger partial charge in [0.15, 0.2) is 0 Å². The third kappa shape index (κ3) is 8.94. The first-order valence-corrected chi connectivity index (χ1v) is 0. The molecule has 0 aromatic heterocycles. The first-order chi connectivity index (χ1) is 0. The van der Waals surface area contributed by atoms with Crippen LogP contribution in [0, 0.1) is 0 Å². The molecule has 0 saturated heterocycles. The van der Waals surface area contributed by atoms with Crippen molar-refractivity contribution >= 4 is 17.4 Å². The summed E-state index contributed by atoms with van der Waals surface area (Å²) in [7, 11) is 0. The van der Waals surface area contributed by atoms with Crippen LogP contribution in [0.3, 0.4) is 0 Å². The summed E-state index contributed by atoms with van der Waals surface area (Å²) in [5.41, 5.74) is 0. The van der Waals surface area contributed by atoms with E-state index in [0.29, 0.717) is 0 Å². The molecule has 0 aliphatic heterocycles. The number of hydrogen-bond acceptors (Lipinski definition) is 0. The van der Waals surface area contributed by atoms with Crippen LogP contribution in [0.4, 0.5) is 0 Å². The molecule has 4 heteroatoms. The molecule has 0 spiro atoms. The van der Waals surface area contributed by atoms with E-state index in [9.17, 15) is 0 Å². The van der Waals surface area contributed by atoms with Gasteiger partial charge in [-0.2, -0.15) is 0 Å². The molecule has 4 heavy (non-hydrogen) atoms. The van der Waals surface area contributed by atoms with Crippen LogP contribution in [0.15, 0.2) is 0 Å². The fourth-order valence-electron chi connectivity index (χ4n) is 0. The molecule has 0 amide bonds. The van der Waals surface area contributed by atoms with Crippen molar-refractivity contribution in [3.63, 3.8) is 0 Å². The van der Waals surface area contributed by atoms with E-state index in [0.717, 1.165) is 0 Å². The maximum absolute atomic E-state index is 0. The van der Waals surface area contributed by atoms with Gasteiger partial charge in [-0.25, -0.2) is 0 Å². The van der Waals surface area contributed by atoms with Crippen molar-refractivity contribution in [1.82, 2.24) is 0 Å². The van der Waals surface area contributed by atoms with Crippen LogP contribution < -0.4 is 0 Å². The van der Waals surface area contributed by atoms with Gasteiger partial charge in [0.1, 0.15) is 0 Å². The van der Waals surface area contributed by atoms with E-state index >= 15 is 0 Å². The first kappa shape index (κ1) is 36.1. The maximum Gasteiger partial charge on any atom is 3.00 e. The van der Waals surface area contributed by atoms with Crippen molar-refractivity contribution in [3.8, 4) is 0 Å². The maximum atomic E-state index is 0. The molecule has 0 saturated carbocycles. The molecule has 0 heterocycles. The van der Waals surface area contributed by atoms with Crippen molar-refractivity contribution in [1.29, 1.82) is 0 Å². The van der Waals surface area contributed by atoms with Gasteiger partial charge < -0.3 is 0 Å². The Morgan fingerprint density at radius 1 is 1.00 bits per heavy atom. The first-order valence-electron chi connectivity index (χ1n) is 0. The topological polar surface area (TPSA) is 0 Å². The second-order valence-electron chi connectivity index (χ2n) is 0. The summed E-state index contributed by atoms with van der Waals surface area (Å²) in [4.78, 5) is 0. The largest absolute Gasteiger partial charge is 3.00 e. The molecule has 0 unspecified atom stereocenters. The quantitative estimate of drug-likeness (QED) is 0.460. The second kappa shape index (κ2) is 19.5. The molecule has 0 aliphatic rings. The minimum atomic E-state index is 0. The van der Waals surface area contributed by atoms with E-state index in [1.807, 2.05) is 0 Å². The normalized spacial score (nSPS) is 0. The van der Waals surface area contributed by atoms with Gasteiger partial charge in [-0.1, -0.05) is 0 Å². The Bertz CT molecular complexity index is 8.00. The Kier molecular flexibility index (Phi) is 176. The average molecular weight is 194 g/mol. The third-order valence-corrected chi connectivity index (χ3v) is 0. The molecule has 0 rings (SSSR count). The smallest absolute Gasteiger partial charge is 2.00 e.